The lowest BCUT2D eigenvalue weighted by Crippen LogP contribution is -2.21. The number of fused-ring (bicyclic) bond motifs is 6. The van der Waals surface area contributed by atoms with E-state index in [1.54, 1.807) is 36.5 Å². The monoisotopic (exact) mass is 522 g/mol. The van der Waals surface area contributed by atoms with Crippen LogP contribution in [0.4, 0.5) is 42.4 Å². The Morgan fingerprint density at radius 1 is 1.14 bits per heavy atom. The Hall–Kier alpha value is -3.98. The lowest BCUT2D eigenvalue weighted by molar-refractivity contribution is 0.149. The van der Waals surface area contributed by atoms with Crippen LogP contribution < -0.4 is 21.3 Å². The van der Waals surface area contributed by atoms with E-state index in [1.807, 2.05) is 24.3 Å². The highest BCUT2D eigenvalue weighted by atomic mass is 35.5. The van der Waals surface area contributed by atoms with Crippen LogP contribution in [-0.2, 0) is 12.8 Å². The molecule has 1 aliphatic heterocycles. The highest BCUT2D eigenvalue weighted by Crippen LogP contribution is 2.31. The number of amides is 2. The number of allylic oxidation sites excluding steroid dienone is 4. The molecule has 0 radical (unpaired) electrons. The third kappa shape index (κ3) is 6.24. The Kier molecular flexibility index (Phi) is 7.32. The van der Waals surface area contributed by atoms with E-state index in [1.165, 1.54) is 0 Å². The summed E-state index contributed by atoms with van der Waals surface area (Å²) in [6, 6.07) is 11.6. The second-order valence-corrected chi connectivity index (χ2v) is 9.33. The molecule has 2 aromatic carbocycles. The molecule has 0 spiro atoms. The van der Waals surface area contributed by atoms with Crippen molar-refractivity contribution < 1.29 is 13.6 Å². The van der Waals surface area contributed by atoms with Crippen molar-refractivity contribution in [1.29, 1.82) is 0 Å². The number of hydrogen-bond donors (Lipinski definition) is 4. The molecule has 1 aromatic heterocycles. The molecule has 0 fully saturated rings. The summed E-state index contributed by atoms with van der Waals surface area (Å²) in [6.07, 6.45) is 7.15. The summed E-state index contributed by atoms with van der Waals surface area (Å²) in [6.45, 7) is 0. The van der Waals surface area contributed by atoms with Crippen molar-refractivity contribution >= 4 is 46.5 Å². The Balaban J connectivity index is 1.41. The van der Waals surface area contributed by atoms with Gasteiger partial charge in [0.1, 0.15) is 5.02 Å². The standard InChI is InChI=1S/C27H25ClF2N6O/c28-21-15-31-26-33-19-6-3-4-16(12-19)8-9-18-13-20(32-25(21)36-26)10-11-23(18)35-27(37)34-22-7-2-1-5-17(22)14-24(29)30/h1-7,10-11,13,15-16,24H,8-9,12,14H2,(H2,34,35,37)(H2,31,32,33,36). The van der Waals surface area contributed by atoms with Gasteiger partial charge in [-0.1, -0.05) is 42.0 Å². The number of nitrogens with one attached hydrogen (secondary N) is 4. The molecular weight excluding hydrogens is 498 g/mol. The number of carbonyl (C=O) groups excluding carboxylic acids is 1. The van der Waals surface area contributed by atoms with E-state index in [9.17, 15) is 13.6 Å². The van der Waals surface area contributed by atoms with Crippen molar-refractivity contribution in [1.82, 2.24) is 9.97 Å². The molecular formula is C27H25ClF2N6O. The van der Waals surface area contributed by atoms with Gasteiger partial charge in [0.15, 0.2) is 5.82 Å². The maximum Gasteiger partial charge on any atom is 0.323 e. The molecule has 37 heavy (non-hydrogen) atoms. The van der Waals surface area contributed by atoms with Gasteiger partial charge in [0.2, 0.25) is 12.4 Å². The summed E-state index contributed by atoms with van der Waals surface area (Å²) in [5.74, 6) is 1.20. The minimum Gasteiger partial charge on any atom is -0.339 e. The molecule has 1 aliphatic carbocycles. The van der Waals surface area contributed by atoms with E-state index in [4.69, 9.17) is 11.6 Å². The van der Waals surface area contributed by atoms with Crippen LogP contribution in [0.5, 0.6) is 0 Å². The first-order valence-corrected chi connectivity index (χ1v) is 12.3. The zero-order valence-corrected chi connectivity index (χ0v) is 20.5. The maximum atomic E-state index is 13.0. The second-order valence-electron chi connectivity index (χ2n) is 8.92. The summed E-state index contributed by atoms with van der Waals surface area (Å²) < 4.78 is 25.9. The van der Waals surface area contributed by atoms with Crippen molar-refractivity contribution in [2.24, 2.45) is 5.92 Å². The van der Waals surface area contributed by atoms with Gasteiger partial charge in [0.25, 0.3) is 0 Å². The molecule has 1 atom stereocenters. The van der Waals surface area contributed by atoms with E-state index < -0.39 is 18.9 Å². The first kappa shape index (κ1) is 24.7. The topological polar surface area (TPSA) is 91.0 Å². The third-order valence-corrected chi connectivity index (χ3v) is 6.50. The SMILES string of the molecule is O=C(Nc1ccc2cc1CCC1C=CC=C(C1)Nc1ncc(Cl)c(n1)N2)Nc1ccccc1CC(F)F. The number of para-hydroxylation sites is 1. The number of halogens is 3. The molecule has 1 unspecified atom stereocenters. The average molecular weight is 523 g/mol. The number of nitrogens with zero attached hydrogens (tertiary/aromatic N) is 2. The molecule has 0 saturated carbocycles. The van der Waals surface area contributed by atoms with Crippen LogP contribution in [0, 0.1) is 5.92 Å². The number of hydrogen-bond acceptors (Lipinski definition) is 5. The number of aryl methyl sites for hydroxylation is 1. The number of rotatable bonds is 4. The van der Waals surface area contributed by atoms with Crippen molar-refractivity contribution in [2.75, 3.05) is 21.3 Å². The summed E-state index contributed by atoms with van der Waals surface area (Å²) in [7, 11) is 0. The zero-order valence-electron chi connectivity index (χ0n) is 19.8. The van der Waals surface area contributed by atoms with Crippen LogP contribution >= 0.6 is 11.6 Å². The Bertz CT molecular complexity index is 1380. The van der Waals surface area contributed by atoms with Gasteiger partial charge in [-0.15, -0.1) is 0 Å². The maximum absolute atomic E-state index is 13.0. The fourth-order valence-corrected chi connectivity index (χ4v) is 4.58. The van der Waals surface area contributed by atoms with E-state index in [2.05, 4.69) is 37.3 Å². The van der Waals surface area contributed by atoms with Crippen LogP contribution in [0.1, 0.15) is 24.0 Å². The molecule has 3 aromatic rings. The number of aromatic nitrogens is 2. The third-order valence-electron chi connectivity index (χ3n) is 6.22. The molecule has 6 bridgehead atoms. The fraction of sp³-hybridized carbons (Fsp3) is 0.222. The molecule has 5 rings (SSSR count). The minimum atomic E-state index is -2.51. The summed E-state index contributed by atoms with van der Waals surface area (Å²) in [5, 5.41) is 12.5. The van der Waals surface area contributed by atoms with Gasteiger partial charge >= 0.3 is 6.03 Å². The fourth-order valence-electron chi connectivity index (χ4n) is 4.44. The molecule has 2 amide bonds. The quantitative estimate of drug-likeness (QED) is 0.292. The predicted molar refractivity (Wildman–Crippen MR) is 143 cm³/mol. The normalized spacial score (nSPS) is 16.3. The van der Waals surface area contributed by atoms with Crippen molar-refractivity contribution in [2.45, 2.75) is 32.1 Å². The Morgan fingerprint density at radius 2 is 1.97 bits per heavy atom. The van der Waals surface area contributed by atoms with Gasteiger partial charge in [0, 0.05) is 29.2 Å². The molecule has 10 heteroatoms. The molecule has 190 valence electrons. The van der Waals surface area contributed by atoms with Crippen molar-refractivity contribution in [3.05, 3.63) is 88.7 Å². The van der Waals surface area contributed by atoms with Gasteiger partial charge in [-0.05, 0) is 66.6 Å². The van der Waals surface area contributed by atoms with Gasteiger partial charge in [0.05, 0.1) is 6.20 Å². The van der Waals surface area contributed by atoms with Crippen LogP contribution in [-0.4, -0.2) is 22.4 Å². The molecule has 0 saturated heterocycles. The van der Waals surface area contributed by atoms with E-state index >= 15 is 0 Å². The Labute approximate surface area is 218 Å². The second kappa shape index (κ2) is 11.0. The molecule has 7 nitrogen and oxygen atoms in total. The van der Waals surface area contributed by atoms with Crippen molar-refractivity contribution in [3.63, 3.8) is 0 Å². The van der Waals surface area contributed by atoms with Crippen LogP contribution in [0.15, 0.2) is 72.6 Å². The highest BCUT2D eigenvalue weighted by molar-refractivity contribution is 6.32. The Morgan fingerprint density at radius 3 is 2.84 bits per heavy atom. The smallest absolute Gasteiger partial charge is 0.323 e. The summed E-state index contributed by atoms with van der Waals surface area (Å²) in [5.41, 5.74) is 4.04. The molecule has 2 heterocycles. The van der Waals surface area contributed by atoms with Gasteiger partial charge in [-0.3, -0.25) is 0 Å². The average Bonchev–Trinajstić information content (AvgIpc) is 2.87. The van der Waals surface area contributed by atoms with Crippen LogP contribution in [0.25, 0.3) is 0 Å². The van der Waals surface area contributed by atoms with Crippen LogP contribution in [0.3, 0.4) is 0 Å². The van der Waals surface area contributed by atoms with Gasteiger partial charge < -0.3 is 21.3 Å². The predicted octanol–water partition coefficient (Wildman–Crippen LogP) is 7.14. The number of urea groups is 1. The molecule has 2 aliphatic rings. The van der Waals surface area contributed by atoms with Gasteiger partial charge in [-0.2, -0.15) is 4.98 Å². The summed E-state index contributed by atoms with van der Waals surface area (Å²) >= 11 is 6.34. The van der Waals surface area contributed by atoms with Crippen LogP contribution in [0.2, 0.25) is 5.02 Å². The van der Waals surface area contributed by atoms with Gasteiger partial charge in [-0.25, -0.2) is 18.6 Å². The highest BCUT2D eigenvalue weighted by Gasteiger charge is 2.18. The first-order chi connectivity index (χ1) is 17.9. The van der Waals surface area contributed by atoms with E-state index in [0.717, 1.165) is 29.8 Å². The summed E-state index contributed by atoms with van der Waals surface area (Å²) in [4.78, 5) is 21.7. The minimum absolute atomic E-state index is 0.291. The zero-order chi connectivity index (χ0) is 25.8. The van der Waals surface area contributed by atoms with E-state index in [-0.39, 0.29) is 0 Å². The largest absolute Gasteiger partial charge is 0.339 e. The molecule has 4 N–H and O–H groups in total. The van der Waals surface area contributed by atoms with E-state index in [0.29, 0.717) is 46.1 Å². The lowest BCUT2D eigenvalue weighted by atomic mass is 9.91. The lowest BCUT2D eigenvalue weighted by Gasteiger charge is -2.20. The number of carbonyl (C=O) groups is 1. The first-order valence-electron chi connectivity index (χ1n) is 11.9. The number of anilines is 5. The number of alkyl halides is 2. The van der Waals surface area contributed by atoms with Crippen molar-refractivity contribution in [3.8, 4) is 0 Å². The number of benzene rings is 2.